The number of carbonyl (C=O) groups is 2. The molecular weight excluding hydrogens is 316 g/mol. The van der Waals surface area contributed by atoms with E-state index in [4.69, 9.17) is 4.74 Å². The summed E-state index contributed by atoms with van der Waals surface area (Å²) >= 11 is 0. The Morgan fingerprint density at radius 3 is 2.68 bits per heavy atom. The number of hydrogen-bond acceptors (Lipinski definition) is 3. The molecular formula is C20H20N2O3. The van der Waals surface area contributed by atoms with Crippen LogP contribution in [-0.4, -0.2) is 23.6 Å². The summed E-state index contributed by atoms with van der Waals surface area (Å²) in [5, 5.41) is 3.92. The molecule has 3 rings (SSSR count). The van der Waals surface area contributed by atoms with Gasteiger partial charge < -0.3 is 14.6 Å². The second-order valence-corrected chi connectivity index (χ2v) is 6.00. The van der Waals surface area contributed by atoms with Gasteiger partial charge in [0.05, 0.1) is 12.7 Å². The smallest absolute Gasteiger partial charge is 0.337 e. The van der Waals surface area contributed by atoms with Crippen LogP contribution in [0.1, 0.15) is 21.5 Å². The van der Waals surface area contributed by atoms with Gasteiger partial charge in [-0.1, -0.05) is 18.2 Å². The lowest BCUT2D eigenvalue weighted by Gasteiger charge is -2.11. The Labute approximate surface area is 146 Å². The molecule has 1 heterocycles. The second-order valence-electron chi connectivity index (χ2n) is 6.00. The van der Waals surface area contributed by atoms with Gasteiger partial charge in [-0.25, -0.2) is 4.79 Å². The van der Waals surface area contributed by atoms with E-state index in [2.05, 4.69) is 5.32 Å². The van der Waals surface area contributed by atoms with Crippen LogP contribution in [-0.2, 0) is 16.1 Å². The number of nitrogens with one attached hydrogen (secondary N) is 1. The molecule has 0 radical (unpaired) electrons. The molecule has 128 valence electrons. The zero-order valence-corrected chi connectivity index (χ0v) is 14.5. The lowest BCUT2D eigenvalue weighted by molar-refractivity contribution is -0.116. The van der Waals surface area contributed by atoms with E-state index in [1.54, 1.807) is 12.1 Å². The number of nitrogens with zero attached hydrogens (tertiary/aromatic N) is 1. The number of anilines is 1. The van der Waals surface area contributed by atoms with Crippen LogP contribution < -0.4 is 5.32 Å². The number of aromatic nitrogens is 1. The van der Waals surface area contributed by atoms with E-state index in [0.717, 1.165) is 27.7 Å². The van der Waals surface area contributed by atoms with Crippen LogP contribution in [0.4, 0.5) is 5.69 Å². The fourth-order valence-corrected chi connectivity index (χ4v) is 2.80. The molecule has 0 spiro atoms. The third-order valence-electron chi connectivity index (χ3n) is 4.39. The quantitative estimate of drug-likeness (QED) is 0.739. The predicted octanol–water partition coefficient (Wildman–Crippen LogP) is 3.68. The number of ether oxygens (including phenoxy) is 1. The van der Waals surface area contributed by atoms with Crippen molar-refractivity contribution < 1.29 is 14.3 Å². The average molecular weight is 336 g/mol. The van der Waals surface area contributed by atoms with Gasteiger partial charge in [0.25, 0.3) is 0 Å². The summed E-state index contributed by atoms with van der Waals surface area (Å²) in [6.07, 6.45) is 1.84. The minimum Gasteiger partial charge on any atom is -0.465 e. The predicted molar refractivity (Wildman–Crippen MR) is 97.8 cm³/mol. The Balaban J connectivity index is 1.83. The largest absolute Gasteiger partial charge is 0.465 e. The maximum Gasteiger partial charge on any atom is 0.337 e. The van der Waals surface area contributed by atoms with Crippen LogP contribution in [0.3, 0.4) is 0 Å². The molecule has 0 aliphatic carbocycles. The van der Waals surface area contributed by atoms with Crippen LogP contribution in [0.5, 0.6) is 0 Å². The Bertz CT molecular complexity index is 957. The first-order valence-corrected chi connectivity index (χ1v) is 8.03. The van der Waals surface area contributed by atoms with Crippen molar-refractivity contribution in [2.75, 3.05) is 12.4 Å². The molecule has 3 aromatic rings. The molecule has 1 aromatic heterocycles. The highest BCUT2D eigenvalue weighted by atomic mass is 16.5. The molecule has 2 aromatic carbocycles. The van der Waals surface area contributed by atoms with Gasteiger partial charge in [-0.2, -0.15) is 0 Å². The molecule has 0 fully saturated rings. The molecule has 0 saturated carbocycles. The molecule has 1 amide bonds. The molecule has 5 nitrogen and oxygen atoms in total. The van der Waals surface area contributed by atoms with Crippen LogP contribution >= 0.6 is 0 Å². The van der Waals surface area contributed by atoms with Gasteiger partial charge >= 0.3 is 5.97 Å². The van der Waals surface area contributed by atoms with Crippen molar-refractivity contribution in [1.29, 1.82) is 0 Å². The number of esters is 1. The number of carbonyl (C=O) groups excluding carboxylic acids is 2. The van der Waals surface area contributed by atoms with Crippen molar-refractivity contribution in [2.45, 2.75) is 20.4 Å². The van der Waals surface area contributed by atoms with Crippen LogP contribution in [0, 0.1) is 13.8 Å². The highest BCUT2D eigenvalue weighted by Gasteiger charge is 2.11. The van der Waals surface area contributed by atoms with E-state index in [-0.39, 0.29) is 12.5 Å². The first kappa shape index (κ1) is 16.8. The molecule has 0 saturated heterocycles. The van der Waals surface area contributed by atoms with E-state index in [9.17, 15) is 9.59 Å². The minimum absolute atomic E-state index is 0.116. The molecule has 0 atom stereocenters. The fraction of sp³-hybridized carbons (Fsp3) is 0.200. The third-order valence-corrected chi connectivity index (χ3v) is 4.39. The molecule has 25 heavy (non-hydrogen) atoms. The maximum atomic E-state index is 12.4. The summed E-state index contributed by atoms with van der Waals surface area (Å²) in [5.74, 6) is -0.510. The number of benzene rings is 2. The normalized spacial score (nSPS) is 10.7. The summed E-state index contributed by atoms with van der Waals surface area (Å²) in [6, 6.07) is 13.1. The van der Waals surface area contributed by atoms with Gasteiger partial charge in [0.15, 0.2) is 0 Å². The van der Waals surface area contributed by atoms with Crippen LogP contribution in [0.25, 0.3) is 10.9 Å². The van der Waals surface area contributed by atoms with Crippen molar-refractivity contribution >= 4 is 28.5 Å². The van der Waals surface area contributed by atoms with Gasteiger partial charge in [-0.05, 0) is 54.6 Å². The van der Waals surface area contributed by atoms with Gasteiger partial charge in [-0.15, -0.1) is 0 Å². The molecule has 0 aliphatic rings. The summed E-state index contributed by atoms with van der Waals surface area (Å²) < 4.78 is 6.58. The zero-order chi connectivity index (χ0) is 18.0. The lowest BCUT2D eigenvalue weighted by atomic mass is 10.1. The number of amides is 1. The highest BCUT2D eigenvalue weighted by molar-refractivity contribution is 5.96. The van der Waals surface area contributed by atoms with E-state index in [0.29, 0.717) is 5.56 Å². The van der Waals surface area contributed by atoms with Crippen molar-refractivity contribution in [3.63, 3.8) is 0 Å². The summed E-state index contributed by atoms with van der Waals surface area (Å²) in [5.41, 5.74) is 4.29. The Morgan fingerprint density at radius 1 is 1.12 bits per heavy atom. The average Bonchev–Trinajstić information content (AvgIpc) is 3.00. The highest BCUT2D eigenvalue weighted by Crippen LogP contribution is 2.20. The maximum absolute atomic E-state index is 12.4. The topological polar surface area (TPSA) is 60.3 Å². The fourth-order valence-electron chi connectivity index (χ4n) is 2.80. The molecule has 0 aliphatic heterocycles. The number of hydrogen-bond donors (Lipinski definition) is 1. The summed E-state index contributed by atoms with van der Waals surface area (Å²) in [4.78, 5) is 24.2. The first-order valence-electron chi connectivity index (χ1n) is 8.03. The van der Waals surface area contributed by atoms with E-state index in [1.165, 1.54) is 7.11 Å². The first-order chi connectivity index (χ1) is 12.0. The zero-order valence-electron chi connectivity index (χ0n) is 14.5. The molecule has 0 unspecified atom stereocenters. The van der Waals surface area contributed by atoms with Gasteiger partial charge in [0.2, 0.25) is 5.91 Å². The van der Waals surface area contributed by atoms with Crippen molar-refractivity contribution in [1.82, 2.24) is 4.57 Å². The SMILES string of the molecule is COC(=O)c1ccc2ccn(CC(=O)Nc3cccc(C)c3C)c2c1. The third kappa shape index (κ3) is 3.40. The summed E-state index contributed by atoms with van der Waals surface area (Å²) in [7, 11) is 1.35. The van der Waals surface area contributed by atoms with Crippen LogP contribution in [0.15, 0.2) is 48.7 Å². The Morgan fingerprint density at radius 2 is 1.92 bits per heavy atom. The van der Waals surface area contributed by atoms with Crippen molar-refractivity contribution in [2.24, 2.45) is 0 Å². The Hall–Kier alpha value is -3.08. The monoisotopic (exact) mass is 336 g/mol. The number of methoxy groups -OCH3 is 1. The number of aryl methyl sites for hydroxylation is 1. The second kappa shape index (κ2) is 6.81. The molecule has 0 bridgehead atoms. The van der Waals surface area contributed by atoms with Gasteiger partial charge in [0, 0.05) is 17.4 Å². The van der Waals surface area contributed by atoms with E-state index < -0.39 is 5.97 Å². The van der Waals surface area contributed by atoms with E-state index in [1.807, 2.05) is 54.9 Å². The lowest BCUT2D eigenvalue weighted by Crippen LogP contribution is -2.19. The van der Waals surface area contributed by atoms with Crippen LogP contribution in [0.2, 0.25) is 0 Å². The van der Waals surface area contributed by atoms with Gasteiger partial charge in [-0.3, -0.25) is 4.79 Å². The summed E-state index contributed by atoms with van der Waals surface area (Å²) in [6.45, 7) is 4.17. The van der Waals surface area contributed by atoms with E-state index >= 15 is 0 Å². The Kier molecular flexibility index (Phi) is 4.57. The van der Waals surface area contributed by atoms with Gasteiger partial charge in [0.1, 0.15) is 6.54 Å². The standard InChI is InChI=1S/C20H20N2O3/c1-13-5-4-6-17(14(13)2)21-19(23)12-22-10-9-15-7-8-16(11-18(15)22)20(24)25-3/h4-11H,12H2,1-3H3,(H,21,23). The minimum atomic E-state index is -0.394. The van der Waals surface area contributed by atoms with Crippen molar-refractivity contribution in [3.8, 4) is 0 Å². The molecule has 5 heteroatoms. The molecule has 1 N–H and O–H groups in total. The van der Waals surface area contributed by atoms with Crippen molar-refractivity contribution in [3.05, 3.63) is 65.4 Å². The number of rotatable bonds is 4. The number of fused-ring (bicyclic) bond motifs is 1.